The molecule has 1 fully saturated rings. The number of anilines is 1. The first-order chi connectivity index (χ1) is 30.1. The molecule has 2 N–H and O–H groups in total. The summed E-state index contributed by atoms with van der Waals surface area (Å²) in [5.74, 6) is -1.43. The van der Waals surface area contributed by atoms with Crippen LogP contribution in [-0.4, -0.2) is 135 Å². The van der Waals surface area contributed by atoms with Gasteiger partial charge in [0.25, 0.3) is 0 Å². The van der Waals surface area contributed by atoms with Crippen molar-refractivity contribution in [2.75, 3.05) is 59.9 Å². The third-order valence-corrected chi connectivity index (χ3v) is 13.6. The lowest BCUT2D eigenvalue weighted by molar-refractivity contribution is -0.146. The maximum atomic E-state index is 14.3. The van der Waals surface area contributed by atoms with Gasteiger partial charge < -0.3 is 34.8 Å². The van der Waals surface area contributed by atoms with E-state index in [1.807, 2.05) is 111 Å². The molecule has 14 nitrogen and oxygen atoms in total. The molecular formula is C48H71N7O7S. The van der Waals surface area contributed by atoms with Crippen molar-refractivity contribution in [2.24, 2.45) is 17.8 Å². The fourth-order valence-electron chi connectivity index (χ4n) is 8.89. The Morgan fingerprint density at radius 3 is 2.24 bits per heavy atom. The summed E-state index contributed by atoms with van der Waals surface area (Å²) in [6.07, 6.45) is 4.84. The minimum atomic E-state index is -0.625. The normalized spacial score (nSPS) is 17.3. The van der Waals surface area contributed by atoms with Gasteiger partial charge in [-0.05, 0) is 67.8 Å². The lowest BCUT2D eigenvalue weighted by atomic mass is 9.90. The second-order valence-corrected chi connectivity index (χ2v) is 18.2. The van der Waals surface area contributed by atoms with E-state index in [-0.39, 0.29) is 60.5 Å². The van der Waals surface area contributed by atoms with Gasteiger partial charge in [0.2, 0.25) is 30.0 Å². The molecule has 0 radical (unpaired) electrons. The molecule has 0 spiro atoms. The number of likely N-dealkylation sites (N-methyl/N-ethyl adjacent to an activating group) is 2. The van der Waals surface area contributed by atoms with Gasteiger partial charge in [0.15, 0.2) is 0 Å². The first kappa shape index (κ1) is 50.9. The third-order valence-electron chi connectivity index (χ3n) is 12.7. The fourth-order valence-corrected chi connectivity index (χ4v) is 9.58. The lowest BCUT2D eigenvalue weighted by Crippen LogP contribution is -2.55. The maximum Gasteiger partial charge on any atom is 0.242 e. The van der Waals surface area contributed by atoms with Crippen LogP contribution in [0.25, 0.3) is 0 Å². The molecule has 346 valence electrons. The average Bonchev–Trinajstić information content (AvgIpc) is 4.01. The predicted octanol–water partition coefficient (Wildman–Crippen LogP) is 5.37. The van der Waals surface area contributed by atoms with E-state index in [9.17, 15) is 24.0 Å². The summed E-state index contributed by atoms with van der Waals surface area (Å²) in [4.78, 5) is 78.4. The standard InChI is InChI=1S/C48H71N7O7S/c1-11-33(4)44(54(8)42(58)30-50-47(60)43(32(2)3)52(6)26-23-35-19-21-37(22-20-35)53(7)31-56)40(61-9)29-41(57)55-25-15-18-39(55)45(62-10)34(5)46(59)51-38(48-49-24-27-63-48)28-36-16-13-12-14-17-36/h12-14,16-17,19-22,24,27,31-34,38-40,43-45H,11,15,18,23,25-26,28-30H2,1-10H3,(H,50,60)(H,51,59)/t33-,34+,38-,39-,40+,43?,44-,45+/m0/s1. The highest BCUT2D eigenvalue weighted by molar-refractivity contribution is 7.09. The van der Waals surface area contributed by atoms with Crippen LogP contribution in [0, 0.1) is 17.8 Å². The van der Waals surface area contributed by atoms with E-state index >= 15 is 0 Å². The molecule has 1 aliphatic heterocycles. The van der Waals surface area contributed by atoms with Crippen LogP contribution < -0.4 is 15.5 Å². The Labute approximate surface area is 379 Å². The zero-order chi connectivity index (χ0) is 46.2. The number of likely N-dealkylation sites (tertiary alicyclic amines) is 1. The first-order valence-electron chi connectivity index (χ1n) is 22.2. The van der Waals surface area contributed by atoms with Crippen molar-refractivity contribution in [2.45, 2.75) is 110 Å². The molecule has 0 aliphatic carbocycles. The summed E-state index contributed by atoms with van der Waals surface area (Å²) in [7, 11) is 8.48. The summed E-state index contributed by atoms with van der Waals surface area (Å²) in [5, 5.41) is 8.86. The smallest absolute Gasteiger partial charge is 0.242 e. The van der Waals surface area contributed by atoms with Crippen molar-refractivity contribution >= 4 is 47.1 Å². The Kier molecular flexibility index (Phi) is 20.2. The number of ether oxygens (including phenoxy) is 2. The Bertz CT molecular complexity index is 1880. The van der Waals surface area contributed by atoms with Gasteiger partial charge in [0, 0.05) is 58.7 Å². The van der Waals surface area contributed by atoms with Gasteiger partial charge in [-0.1, -0.05) is 83.5 Å². The number of hydrogen-bond acceptors (Lipinski definition) is 10. The van der Waals surface area contributed by atoms with Crippen LogP contribution in [0.5, 0.6) is 0 Å². The van der Waals surface area contributed by atoms with Crippen LogP contribution in [0.2, 0.25) is 0 Å². The van der Waals surface area contributed by atoms with Crippen LogP contribution in [0.3, 0.4) is 0 Å². The van der Waals surface area contributed by atoms with Crippen molar-refractivity contribution in [1.82, 2.24) is 30.3 Å². The molecule has 1 aromatic heterocycles. The van der Waals surface area contributed by atoms with Gasteiger partial charge in [-0.3, -0.25) is 28.9 Å². The van der Waals surface area contributed by atoms with Gasteiger partial charge in [-0.15, -0.1) is 11.3 Å². The molecule has 3 aromatic rings. The van der Waals surface area contributed by atoms with E-state index < -0.39 is 30.2 Å². The maximum absolute atomic E-state index is 14.3. The van der Waals surface area contributed by atoms with E-state index in [4.69, 9.17) is 9.47 Å². The Balaban J connectivity index is 1.39. The van der Waals surface area contributed by atoms with Crippen molar-refractivity contribution in [3.63, 3.8) is 0 Å². The zero-order valence-electron chi connectivity index (χ0n) is 39.0. The minimum absolute atomic E-state index is 0.0206. The number of benzene rings is 2. The summed E-state index contributed by atoms with van der Waals surface area (Å²) in [6, 6.07) is 16.2. The Morgan fingerprint density at radius 1 is 0.952 bits per heavy atom. The van der Waals surface area contributed by atoms with Crippen LogP contribution >= 0.6 is 11.3 Å². The number of carbonyl (C=O) groups excluding carboxylic acids is 5. The number of aromatic nitrogens is 1. The molecule has 2 heterocycles. The second kappa shape index (κ2) is 25.0. The number of amides is 5. The summed E-state index contributed by atoms with van der Waals surface area (Å²) >= 11 is 1.50. The molecule has 63 heavy (non-hydrogen) atoms. The van der Waals surface area contributed by atoms with E-state index in [1.165, 1.54) is 16.2 Å². The summed E-state index contributed by atoms with van der Waals surface area (Å²) in [6.45, 7) is 10.8. The lowest BCUT2D eigenvalue weighted by Gasteiger charge is -2.39. The molecule has 1 aliphatic rings. The van der Waals surface area contributed by atoms with Gasteiger partial charge in [0.05, 0.1) is 55.3 Å². The van der Waals surface area contributed by atoms with Gasteiger partial charge in [-0.2, -0.15) is 0 Å². The largest absolute Gasteiger partial charge is 0.379 e. The zero-order valence-corrected chi connectivity index (χ0v) is 39.8. The molecule has 0 saturated carbocycles. The van der Waals surface area contributed by atoms with Crippen molar-refractivity contribution < 1.29 is 33.4 Å². The molecule has 0 bridgehead atoms. The molecule has 8 atom stereocenters. The third kappa shape index (κ3) is 13.9. The monoisotopic (exact) mass is 890 g/mol. The molecule has 15 heteroatoms. The number of nitrogens with zero attached hydrogens (tertiary/aromatic N) is 5. The fraction of sp³-hybridized carbons (Fsp3) is 0.583. The highest BCUT2D eigenvalue weighted by Crippen LogP contribution is 2.30. The molecule has 1 saturated heterocycles. The number of hydrogen-bond donors (Lipinski definition) is 2. The molecule has 5 amide bonds. The average molecular weight is 890 g/mol. The number of rotatable bonds is 25. The Hall–Kier alpha value is -4.70. The van der Waals surface area contributed by atoms with Crippen LogP contribution in [0.1, 0.15) is 82.5 Å². The SMILES string of the molecule is CC[C@H](C)[C@@H]([C@@H](CC(=O)N1CCC[C@H]1[C@H](OC)[C@@H](C)C(=O)N[C@@H](Cc1ccccc1)c1nccs1)OC)N(C)C(=O)CNC(=O)C(C(C)C)N(C)CCc1ccc(N(C)C=O)cc1. The van der Waals surface area contributed by atoms with Gasteiger partial charge in [0.1, 0.15) is 5.01 Å². The topological polar surface area (TPSA) is 154 Å². The summed E-state index contributed by atoms with van der Waals surface area (Å²) < 4.78 is 12.1. The minimum Gasteiger partial charge on any atom is -0.379 e. The number of carbonyl (C=O) groups is 5. The van der Waals surface area contributed by atoms with Crippen molar-refractivity contribution in [1.29, 1.82) is 0 Å². The molecular weight excluding hydrogens is 819 g/mol. The van der Waals surface area contributed by atoms with E-state index in [1.54, 1.807) is 39.4 Å². The Morgan fingerprint density at radius 2 is 1.65 bits per heavy atom. The highest BCUT2D eigenvalue weighted by Gasteiger charge is 2.42. The van der Waals surface area contributed by atoms with Crippen LogP contribution in [-0.2, 0) is 46.3 Å². The molecule has 1 unspecified atom stereocenters. The molecule has 2 aromatic carbocycles. The molecule has 4 rings (SSSR count). The predicted molar refractivity (Wildman–Crippen MR) is 248 cm³/mol. The van der Waals surface area contributed by atoms with Gasteiger partial charge >= 0.3 is 0 Å². The highest BCUT2D eigenvalue weighted by atomic mass is 32.1. The van der Waals surface area contributed by atoms with E-state index in [0.29, 0.717) is 32.4 Å². The number of thiazole rings is 1. The van der Waals surface area contributed by atoms with Gasteiger partial charge in [-0.25, -0.2) is 4.98 Å². The number of nitrogens with one attached hydrogen (secondary N) is 2. The van der Waals surface area contributed by atoms with Crippen molar-refractivity contribution in [3.8, 4) is 0 Å². The number of methoxy groups -OCH3 is 2. The van der Waals surface area contributed by atoms with E-state index in [0.717, 1.165) is 41.1 Å². The summed E-state index contributed by atoms with van der Waals surface area (Å²) in [5.41, 5.74) is 2.97. The first-order valence-corrected chi connectivity index (χ1v) is 23.1. The van der Waals surface area contributed by atoms with Crippen molar-refractivity contribution in [3.05, 3.63) is 82.3 Å². The quantitative estimate of drug-likeness (QED) is 0.107. The second-order valence-electron chi connectivity index (χ2n) is 17.3. The van der Waals surface area contributed by atoms with E-state index in [2.05, 4.69) is 15.6 Å². The van der Waals surface area contributed by atoms with Crippen LogP contribution in [0.4, 0.5) is 5.69 Å². The van der Waals surface area contributed by atoms with Crippen LogP contribution in [0.15, 0.2) is 66.2 Å².